The first-order valence-corrected chi connectivity index (χ1v) is 6.27. The van der Waals surface area contributed by atoms with Crippen molar-refractivity contribution in [3.05, 3.63) is 0 Å². The fourth-order valence-corrected chi connectivity index (χ4v) is 2.11. The van der Waals surface area contributed by atoms with Crippen molar-refractivity contribution in [3.8, 4) is 0 Å². The van der Waals surface area contributed by atoms with Gasteiger partial charge in [0.05, 0.1) is 0 Å². The van der Waals surface area contributed by atoms with Gasteiger partial charge in [-0.2, -0.15) is 0 Å². The molecule has 2 unspecified atom stereocenters. The van der Waals surface area contributed by atoms with Gasteiger partial charge in [-0.25, -0.2) is 0 Å². The smallest absolute Gasteiger partial charge is 0.00924 e. The van der Waals surface area contributed by atoms with Crippen LogP contribution in [0.4, 0.5) is 0 Å². The highest BCUT2D eigenvalue weighted by atomic mass is 14.9. The minimum Gasteiger partial charge on any atom is -0.311 e. The Morgan fingerprint density at radius 1 is 0.929 bits per heavy atom. The summed E-state index contributed by atoms with van der Waals surface area (Å²) in [5.41, 5.74) is 0. The van der Waals surface area contributed by atoms with Crippen LogP contribution in [0.25, 0.3) is 0 Å². The molecule has 86 valence electrons. The minimum absolute atomic E-state index is 0.661. The minimum atomic E-state index is 0.661. The first-order valence-electron chi connectivity index (χ1n) is 6.27. The molecule has 0 rings (SSSR count). The summed E-state index contributed by atoms with van der Waals surface area (Å²) < 4.78 is 0. The molecule has 0 aromatic rings. The molecule has 0 aromatic heterocycles. The van der Waals surface area contributed by atoms with Crippen LogP contribution in [-0.4, -0.2) is 12.1 Å². The Balaban J connectivity index is 3.91. The Kier molecular flexibility index (Phi) is 7.26. The summed E-state index contributed by atoms with van der Waals surface area (Å²) in [7, 11) is 0. The highest BCUT2D eigenvalue weighted by Crippen LogP contribution is 2.13. The number of rotatable bonds is 7. The molecule has 1 N–H and O–H groups in total. The van der Waals surface area contributed by atoms with E-state index in [9.17, 15) is 0 Å². The summed E-state index contributed by atoms with van der Waals surface area (Å²) >= 11 is 0. The third kappa shape index (κ3) is 5.64. The molecule has 1 heteroatoms. The van der Waals surface area contributed by atoms with E-state index in [0.717, 1.165) is 11.8 Å². The van der Waals surface area contributed by atoms with Crippen LogP contribution in [0.1, 0.15) is 60.8 Å². The monoisotopic (exact) mass is 199 g/mol. The van der Waals surface area contributed by atoms with Crippen LogP contribution in [0.5, 0.6) is 0 Å². The van der Waals surface area contributed by atoms with Crippen molar-refractivity contribution in [2.45, 2.75) is 72.9 Å². The molecule has 0 saturated carbocycles. The summed E-state index contributed by atoms with van der Waals surface area (Å²) in [6.45, 7) is 13.8. The van der Waals surface area contributed by atoms with Crippen LogP contribution in [0.15, 0.2) is 0 Å². The lowest BCUT2D eigenvalue weighted by molar-refractivity contribution is 0.307. The normalized spacial score (nSPS) is 18.2. The van der Waals surface area contributed by atoms with Gasteiger partial charge in [-0.3, -0.25) is 0 Å². The Morgan fingerprint density at radius 2 is 1.50 bits per heavy atom. The van der Waals surface area contributed by atoms with Crippen LogP contribution in [0.2, 0.25) is 0 Å². The van der Waals surface area contributed by atoms with E-state index >= 15 is 0 Å². The third-order valence-electron chi connectivity index (χ3n) is 3.09. The van der Waals surface area contributed by atoms with Crippen molar-refractivity contribution < 1.29 is 0 Å². The van der Waals surface area contributed by atoms with E-state index < -0.39 is 0 Å². The molecular formula is C13H29N. The molecule has 14 heavy (non-hydrogen) atoms. The summed E-state index contributed by atoms with van der Waals surface area (Å²) in [4.78, 5) is 0. The van der Waals surface area contributed by atoms with Gasteiger partial charge in [-0.15, -0.1) is 0 Å². The van der Waals surface area contributed by atoms with Gasteiger partial charge >= 0.3 is 0 Å². The van der Waals surface area contributed by atoms with Gasteiger partial charge in [0.2, 0.25) is 0 Å². The molecule has 0 radical (unpaired) electrons. The maximum absolute atomic E-state index is 3.75. The largest absolute Gasteiger partial charge is 0.311 e. The molecular weight excluding hydrogens is 170 g/mol. The van der Waals surface area contributed by atoms with Gasteiger partial charge in [0.1, 0.15) is 0 Å². The van der Waals surface area contributed by atoms with Gasteiger partial charge in [-0.1, -0.05) is 41.0 Å². The molecule has 0 aliphatic rings. The summed E-state index contributed by atoms with van der Waals surface area (Å²) in [5, 5.41) is 3.75. The van der Waals surface area contributed by atoms with E-state index in [1.165, 1.54) is 19.3 Å². The topological polar surface area (TPSA) is 12.0 Å². The highest BCUT2D eigenvalue weighted by molar-refractivity contribution is 4.75. The quantitative estimate of drug-likeness (QED) is 0.657. The maximum Gasteiger partial charge on any atom is 0.00924 e. The van der Waals surface area contributed by atoms with Crippen molar-refractivity contribution in [2.24, 2.45) is 11.8 Å². The van der Waals surface area contributed by atoms with Crippen LogP contribution in [0.3, 0.4) is 0 Å². The molecule has 0 aliphatic carbocycles. The van der Waals surface area contributed by atoms with Gasteiger partial charge in [0.25, 0.3) is 0 Å². The van der Waals surface area contributed by atoms with Crippen molar-refractivity contribution in [3.63, 3.8) is 0 Å². The molecule has 0 heterocycles. The second-order valence-electron chi connectivity index (χ2n) is 5.10. The summed E-state index contributed by atoms with van der Waals surface area (Å²) in [5.74, 6) is 1.60. The molecule has 0 bridgehead atoms. The fourth-order valence-electron chi connectivity index (χ4n) is 2.11. The second kappa shape index (κ2) is 7.28. The second-order valence-corrected chi connectivity index (χ2v) is 5.10. The zero-order chi connectivity index (χ0) is 11.1. The molecule has 0 amide bonds. The Hall–Kier alpha value is -0.0400. The standard InChI is InChI=1S/C13H29N/c1-7-11(5)13(8-2)14-12(6)9-10(3)4/h10-14H,7-9H2,1-6H3/t11-,12?,13?/m0/s1. The first kappa shape index (κ1) is 14.0. The molecule has 0 aliphatic heterocycles. The highest BCUT2D eigenvalue weighted by Gasteiger charge is 2.16. The zero-order valence-corrected chi connectivity index (χ0v) is 10.9. The maximum atomic E-state index is 3.75. The summed E-state index contributed by atoms with van der Waals surface area (Å²) in [6.07, 6.45) is 3.81. The van der Waals surface area contributed by atoms with Crippen LogP contribution < -0.4 is 5.32 Å². The average molecular weight is 199 g/mol. The average Bonchev–Trinajstić information content (AvgIpc) is 2.11. The van der Waals surface area contributed by atoms with E-state index in [2.05, 4.69) is 46.9 Å². The first-order chi connectivity index (χ1) is 6.51. The predicted molar refractivity (Wildman–Crippen MR) is 65.6 cm³/mol. The van der Waals surface area contributed by atoms with Crippen molar-refractivity contribution in [1.82, 2.24) is 5.32 Å². The lowest BCUT2D eigenvalue weighted by Gasteiger charge is -2.27. The molecule has 0 fully saturated rings. The SMILES string of the molecule is CCC(NC(C)CC(C)C)[C@@H](C)CC. The van der Waals surface area contributed by atoms with Crippen molar-refractivity contribution in [1.29, 1.82) is 0 Å². The van der Waals surface area contributed by atoms with Crippen LogP contribution >= 0.6 is 0 Å². The lowest BCUT2D eigenvalue weighted by atomic mass is 9.95. The predicted octanol–water partition coefficient (Wildman–Crippen LogP) is 3.84. The zero-order valence-electron chi connectivity index (χ0n) is 10.9. The fraction of sp³-hybridized carbons (Fsp3) is 1.00. The summed E-state index contributed by atoms with van der Waals surface area (Å²) in [6, 6.07) is 1.36. The van der Waals surface area contributed by atoms with Crippen LogP contribution in [-0.2, 0) is 0 Å². The Labute approximate surface area is 90.7 Å². The number of nitrogens with one attached hydrogen (secondary N) is 1. The molecule has 0 aromatic carbocycles. The Bertz CT molecular complexity index is 131. The molecule has 1 nitrogen and oxygen atoms in total. The van der Waals surface area contributed by atoms with Crippen LogP contribution in [0, 0.1) is 11.8 Å². The number of hydrogen-bond acceptors (Lipinski definition) is 1. The molecule has 0 saturated heterocycles. The van der Waals surface area contributed by atoms with E-state index in [0.29, 0.717) is 12.1 Å². The number of hydrogen-bond donors (Lipinski definition) is 1. The van der Waals surface area contributed by atoms with E-state index in [1.807, 2.05) is 0 Å². The molecule has 3 atom stereocenters. The van der Waals surface area contributed by atoms with Crippen molar-refractivity contribution in [2.75, 3.05) is 0 Å². The van der Waals surface area contributed by atoms with Gasteiger partial charge in [0, 0.05) is 12.1 Å². The lowest BCUT2D eigenvalue weighted by Crippen LogP contribution is -2.40. The third-order valence-corrected chi connectivity index (χ3v) is 3.09. The van der Waals surface area contributed by atoms with Gasteiger partial charge in [0.15, 0.2) is 0 Å². The van der Waals surface area contributed by atoms with Gasteiger partial charge in [-0.05, 0) is 31.6 Å². The van der Waals surface area contributed by atoms with Gasteiger partial charge < -0.3 is 5.32 Å². The van der Waals surface area contributed by atoms with E-state index in [1.54, 1.807) is 0 Å². The Morgan fingerprint density at radius 3 is 1.86 bits per heavy atom. The van der Waals surface area contributed by atoms with E-state index in [-0.39, 0.29) is 0 Å². The molecule has 0 spiro atoms. The van der Waals surface area contributed by atoms with E-state index in [4.69, 9.17) is 0 Å². The van der Waals surface area contributed by atoms with Crippen molar-refractivity contribution >= 4 is 0 Å².